The van der Waals surface area contributed by atoms with E-state index in [1.807, 2.05) is 0 Å². The van der Waals surface area contributed by atoms with Crippen LogP contribution in [-0.2, 0) is 4.74 Å². The lowest BCUT2D eigenvalue weighted by Gasteiger charge is -2.08. The van der Waals surface area contributed by atoms with E-state index in [-0.39, 0.29) is 5.78 Å². The largest absolute Gasteiger partial charge is 0.462 e. The molecule has 0 unspecified atom stereocenters. The van der Waals surface area contributed by atoms with Crippen LogP contribution in [0.15, 0.2) is 22.7 Å². The van der Waals surface area contributed by atoms with Crippen molar-refractivity contribution in [2.45, 2.75) is 20.3 Å². The third-order valence-corrected chi connectivity index (χ3v) is 2.78. The molecular formula is C12H13BrO3. The number of esters is 1. The van der Waals surface area contributed by atoms with Crippen LogP contribution in [0.4, 0.5) is 0 Å². The van der Waals surface area contributed by atoms with Gasteiger partial charge in [0.1, 0.15) is 0 Å². The van der Waals surface area contributed by atoms with Gasteiger partial charge in [-0.05, 0) is 28.9 Å². The van der Waals surface area contributed by atoms with E-state index in [1.165, 1.54) is 0 Å². The lowest BCUT2D eigenvalue weighted by atomic mass is 10.0. The Morgan fingerprint density at radius 1 is 1.31 bits per heavy atom. The molecule has 1 aromatic rings. The predicted octanol–water partition coefficient (Wildman–Crippen LogP) is 3.22. The van der Waals surface area contributed by atoms with Gasteiger partial charge in [-0.25, -0.2) is 4.79 Å². The van der Waals surface area contributed by atoms with Crippen LogP contribution in [0.1, 0.15) is 41.0 Å². The van der Waals surface area contributed by atoms with Gasteiger partial charge in [0.25, 0.3) is 0 Å². The van der Waals surface area contributed by atoms with E-state index in [0.717, 1.165) is 0 Å². The SMILES string of the molecule is CCOC(=O)c1c(Br)cccc1C(=O)CC. The molecule has 0 aliphatic carbocycles. The fraction of sp³-hybridized carbons (Fsp3) is 0.333. The zero-order valence-electron chi connectivity index (χ0n) is 9.25. The third kappa shape index (κ3) is 2.70. The molecule has 1 rings (SSSR count). The second-order valence-electron chi connectivity index (χ2n) is 3.16. The van der Waals surface area contributed by atoms with Crippen LogP contribution in [0.25, 0.3) is 0 Å². The highest BCUT2D eigenvalue weighted by molar-refractivity contribution is 9.10. The zero-order chi connectivity index (χ0) is 12.1. The number of hydrogen-bond acceptors (Lipinski definition) is 3. The molecule has 0 saturated heterocycles. The van der Waals surface area contributed by atoms with E-state index in [9.17, 15) is 9.59 Å². The van der Waals surface area contributed by atoms with E-state index < -0.39 is 5.97 Å². The zero-order valence-corrected chi connectivity index (χ0v) is 10.8. The average molecular weight is 285 g/mol. The highest BCUT2D eigenvalue weighted by atomic mass is 79.9. The molecule has 0 bridgehead atoms. The van der Waals surface area contributed by atoms with Crippen molar-refractivity contribution in [1.82, 2.24) is 0 Å². The number of carbonyl (C=O) groups excluding carboxylic acids is 2. The molecule has 0 N–H and O–H groups in total. The standard InChI is InChI=1S/C12H13BrO3/c1-3-10(14)8-6-5-7-9(13)11(8)12(15)16-4-2/h5-7H,3-4H2,1-2H3. The van der Waals surface area contributed by atoms with E-state index >= 15 is 0 Å². The van der Waals surface area contributed by atoms with Gasteiger partial charge in [-0.1, -0.05) is 19.1 Å². The molecule has 0 amide bonds. The van der Waals surface area contributed by atoms with Crippen molar-refractivity contribution in [3.05, 3.63) is 33.8 Å². The molecule has 4 heteroatoms. The second-order valence-corrected chi connectivity index (χ2v) is 4.01. The summed E-state index contributed by atoms with van der Waals surface area (Å²) in [7, 11) is 0. The number of benzene rings is 1. The van der Waals surface area contributed by atoms with Crippen molar-refractivity contribution in [1.29, 1.82) is 0 Å². The van der Waals surface area contributed by atoms with Gasteiger partial charge in [0.15, 0.2) is 5.78 Å². The van der Waals surface area contributed by atoms with E-state index in [1.54, 1.807) is 32.0 Å². The second kappa shape index (κ2) is 5.80. The van der Waals surface area contributed by atoms with Crippen LogP contribution >= 0.6 is 15.9 Å². The van der Waals surface area contributed by atoms with Crippen LogP contribution in [-0.4, -0.2) is 18.4 Å². The molecule has 0 aliphatic heterocycles. The molecule has 1 aromatic carbocycles. The number of carbonyl (C=O) groups is 2. The van der Waals surface area contributed by atoms with Gasteiger partial charge < -0.3 is 4.74 Å². The van der Waals surface area contributed by atoms with Crippen LogP contribution < -0.4 is 0 Å². The van der Waals surface area contributed by atoms with Gasteiger partial charge in [0.2, 0.25) is 0 Å². The maximum absolute atomic E-state index is 11.7. The van der Waals surface area contributed by atoms with Crippen molar-refractivity contribution >= 4 is 27.7 Å². The van der Waals surface area contributed by atoms with Crippen LogP contribution in [0.3, 0.4) is 0 Å². The molecule has 0 aliphatic rings. The minimum atomic E-state index is -0.466. The van der Waals surface area contributed by atoms with Gasteiger partial charge in [0, 0.05) is 16.5 Å². The Bertz CT molecular complexity index is 413. The van der Waals surface area contributed by atoms with Crippen LogP contribution in [0, 0.1) is 0 Å². The summed E-state index contributed by atoms with van der Waals surface area (Å²) in [6.07, 6.45) is 0.364. The van der Waals surface area contributed by atoms with Gasteiger partial charge in [-0.15, -0.1) is 0 Å². The summed E-state index contributed by atoms with van der Waals surface area (Å²) < 4.78 is 5.51. The summed E-state index contributed by atoms with van der Waals surface area (Å²) in [6.45, 7) is 3.79. The van der Waals surface area contributed by atoms with Crippen molar-refractivity contribution < 1.29 is 14.3 Å². The normalized spacial score (nSPS) is 9.94. The smallest absolute Gasteiger partial charge is 0.340 e. The first-order valence-corrected chi connectivity index (χ1v) is 5.89. The predicted molar refractivity (Wildman–Crippen MR) is 64.7 cm³/mol. The highest BCUT2D eigenvalue weighted by Gasteiger charge is 2.19. The van der Waals surface area contributed by atoms with Crippen molar-refractivity contribution in [2.24, 2.45) is 0 Å². The Labute approximate surface area is 103 Å². The van der Waals surface area contributed by atoms with Crippen LogP contribution in [0.2, 0.25) is 0 Å². The van der Waals surface area contributed by atoms with E-state index in [2.05, 4.69) is 15.9 Å². The molecule has 0 spiro atoms. The minimum absolute atomic E-state index is 0.0654. The molecule has 0 atom stereocenters. The number of halogens is 1. The summed E-state index contributed by atoms with van der Waals surface area (Å²) in [6, 6.07) is 5.09. The monoisotopic (exact) mass is 284 g/mol. The number of rotatable bonds is 4. The topological polar surface area (TPSA) is 43.4 Å². The van der Waals surface area contributed by atoms with Gasteiger partial charge in [-0.3, -0.25) is 4.79 Å². The van der Waals surface area contributed by atoms with Gasteiger partial charge in [-0.2, -0.15) is 0 Å². The first-order chi connectivity index (χ1) is 7.61. The number of ketones is 1. The van der Waals surface area contributed by atoms with Crippen molar-refractivity contribution in [3.63, 3.8) is 0 Å². The van der Waals surface area contributed by atoms with Crippen molar-refractivity contribution in [2.75, 3.05) is 6.61 Å². The molecule has 0 radical (unpaired) electrons. The minimum Gasteiger partial charge on any atom is -0.462 e. The number of ether oxygens (including phenoxy) is 1. The third-order valence-electron chi connectivity index (χ3n) is 2.11. The summed E-state index contributed by atoms with van der Waals surface area (Å²) in [4.78, 5) is 23.4. The fourth-order valence-electron chi connectivity index (χ4n) is 1.36. The molecule has 0 heterocycles. The molecule has 3 nitrogen and oxygen atoms in total. The summed E-state index contributed by atoms with van der Waals surface area (Å²) in [5.74, 6) is -0.531. The maximum atomic E-state index is 11.7. The van der Waals surface area contributed by atoms with Crippen LogP contribution in [0.5, 0.6) is 0 Å². The lowest BCUT2D eigenvalue weighted by molar-refractivity contribution is 0.0522. The van der Waals surface area contributed by atoms with Gasteiger partial charge >= 0.3 is 5.97 Å². The Balaban J connectivity index is 3.23. The summed E-state index contributed by atoms with van der Waals surface area (Å²) >= 11 is 3.26. The Kier molecular flexibility index (Phi) is 4.68. The molecule has 86 valence electrons. The maximum Gasteiger partial charge on any atom is 0.340 e. The molecule has 0 aromatic heterocycles. The van der Waals surface area contributed by atoms with Gasteiger partial charge in [0.05, 0.1) is 12.2 Å². The summed E-state index contributed by atoms with van der Waals surface area (Å²) in [5, 5.41) is 0. The highest BCUT2D eigenvalue weighted by Crippen LogP contribution is 2.22. The van der Waals surface area contributed by atoms with E-state index in [4.69, 9.17) is 4.74 Å². The first kappa shape index (κ1) is 12.9. The Morgan fingerprint density at radius 3 is 2.56 bits per heavy atom. The average Bonchev–Trinajstić information content (AvgIpc) is 2.27. The fourth-order valence-corrected chi connectivity index (χ4v) is 1.89. The Hall–Kier alpha value is -1.16. The molecular weight excluding hydrogens is 272 g/mol. The lowest BCUT2D eigenvalue weighted by Crippen LogP contribution is -2.12. The molecule has 16 heavy (non-hydrogen) atoms. The summed E-state index contributed by atoms with van der Waals surface area (Å²) in [5.41, 5.74) is 0.728. The number of Topliss-reactive ketones (excluding diaryl/α,β-unsaturated/α-hetero) is 1. The van der Waals surface area contributed by atoms with E-state index in [0.29, 0.717) is 28.6 Å². The van der Waals surface area contributed by atoms with Crippen molar-refractivity contribution in [3.8, 4) is 0 Å². The Morgan fingerprint density at radius 2 is 2.00 bits per heavy atom. The first-order valence-electron chi connectivity index (χ1n) is 5.10. The number of hydrogen-bond donors (Lipinski definition) is 0. The quantitative estimate of drug-likeness (QED) is 0.630. The molecule has 0 fully saturated rings. The molecule has 0 saturated carbocycles.